The SMILES string of the molecule is CCOC(=O)[C@@H](OC(=O)[C@@H](OC)c1ccccc1)[C@@H](OC(=O)[C@@H](OC)c1ccccc1)C(=O)OCC. The Kier molecular flexibility index (Phi) is 11.5. The summed E-state index contributed by atoms with van der Waals surface area (Å²) in [4.78, 5) is 51.6. The number of carbonyl (C=O) groups excluding carboxylic acids is 4. The van der Waals surface area contributed by atoms with Gasteiger partial charge in [0.15, 0.2) is 12.2 Å². The van der Waals surface area contributed by atoms with E-state index in [0.717, 1.165) is 0 Å². The van der Waals surface area contributed by atoms with Crippen LogP contribution in [0.15, 0.2) is 60.7 Å². The normalized spacial score (nSPS) is 14.0. The second kappa shape index (κ2) is 14.6. The molecule has 2 rings (SSSR count). The van der Waals surface area contributed by atoms with E-state index in [4.69, 9.17) is 28.4 Å². The Balaban J connectivity index is 2.38. The Morgan fingerprint density at radius 3 is 1.19 bits per heavy atom. The second-order valence-corrected chi connectivity index (χ2v) is 7.27. The minimum absolute atomic E-state index is 0.0898. The third kappa shape index (κ3) is 7.62. The Labute approximate surface area is 209 Å². The Morgan fingerprint density at radius 1 is 0.583 bits per heavy atom. The smallest absolute Gasteiger partial charge is 0.352 e. The summed E-state index contributed by atoms with van der Waals surface area (Å²) in [6, 6.07) is 16.8. The molecule has 0 aliphatic carbocycles. The monoisotopic (exact) mass is 502 g/mol. The zero-order valence-electron chi connectivity index (χ0n) is 20.6. The molecule has 0 spiro atoms. The number of hydrogen-bond acceptors (Lipinski definition) is 10. The number of benzene rings is 2. The maximum atomic E-state index is 13.0. The first-order valence-electron chi connectivity index (χ1n) is 11.3. The zero-order chi connectivity index (χ0) is 26.5. The van der Waals surface area contributed by atoms with Crippen LogP contribution in [0, 0.1) is 0 Å². The van der Waals surface area contributed by atoms with E-state index in [1.807, 2.05) is 0 Å². The molecule has 0 aliphatic rings. The molecule has 0 unspecified atom stereocenters. The van der Waals surface area contributed by atoms with E-state index in [1.54, 1.807) is 60.7 Å². The van der Waals surface area contributed by atoms with Crippen molar-refractivity contribution in [2.45, 2.75) is 38.3 Å². The van der Waals surface area contributed by atoms with Gasteiger partial charge in [-0.1, -0.05) is 60.7 Å². The molecule has 0 saturated carbocycles. The van der Waals surface area contributed by atoms with Crippen LogP contribution in [0.3, 0.4) is 0 Å². The molecular formula is C26H30O10. The van der Waals surface area contributed by atoms with Crippen LogP contribution in [0.1, 0.15) is 37.2 Å². The molecule has 0 N–H and O–H groups in total. The van der Waals surface area contributed by atoms with Gasteiger partial charge in [0.25, 0.3) is 0 Å². The first kappa shape index (κ1) is 28.5. The summed E-state index contributed by atoms with van der Waals surface area (Å²) in [5.74, 6) is -4.21. The highest BCUT2D eigenvalue weighted by atomic mass is 16.7. The van der Waals surface area contributed by atoms with Crippen molar-refractivity contribution in [3.8, 4) is 0 Å². The number of esters is 4. The van der Waals surface area contributed by atoms with Gasteiger partial charge >= 0.3 is 23.9 Å². The molecule has 2 aromatic carbocycles. The average Bonchev–Trinajstić information content (AvgIpc) is 2.88. The van der Waals surface area contributed by atoms with Gasteiger partial charge in [-0.25, -0.2) is 19.2 Å². The molecule has 10 nitrogen and oxygen atoms in total. The van der Waals surface area contributed by atoms with Crippen LogP contribution in [0.25, 0.3) is 0 Å². The summed E-state index contributed by atoms with van der Waals surface area (Å²) in [6.45, 7) is 2.88. The van der Waals surface area contributed by atoms with Gasteiger partial charge in [0, 0.05) is 14.2 Å². The van der Waals surface area contributed by atoms with E-state index >= 15 is 0 Å². The second-order valence-electron chi connectivity index (χ2n) is 7.27. The molecular weight excluding hydrogens is 472 g/mol. The molecule has 0 fully saturated rings. The Bertz CT molecular complexity index is 911. The largest absolute Gasteiger partial charge is 0.463 e. The van der Waals surface area contributed by atoms with E-state index in [2.05, 4.69) is 0 Å². The predicted octanol–water partition coefficient (Wildman–Crippen LogP) is 2.71. The van der Waals surface area contributed by atoms with Crippen molar-refractivity contribution < 1.29 is 47.6 Å². The molecule has 0 radical (unpaired) electrons. The standard InChI is InChI=1S/C26H30O10/c1-5-33-23(27)21(35-25(29)19(31-3)17-13-9-7-10-14-17)22(24(28)34-6-2)36-26(30)20(32-4)18-15-11-8-12-16-18/h7-16,19-22H,5-6H2,1-4H3/t19-,20-,21-,22+/m0/s1. The predicted molar refractivity (Wildman–Crippen MR) is 125 cm³/mol. The van der Waals surface area contributed by atoms with Crippen molar-refractivity contribution in [2.24, 2.45) is 0 Å². The van der Waals surface area contributed by atoms with Gasteiger partial charge in [-0.3, -0.25) is 0 Å². The van der Waals surface area contributed by atoms with Crippen LogP contribution >= 0.6 is 0 Å². The van der Waals surface area contributed by atoms with E-state index in [0.29, 0.717) is 11.1 Å². The van der Waals surface area contributed by atoms with Gasteiger partial charge in [-0.15, -0.1) is 0 Å². The van der Waals surface area contributed by atoms with Crippen LogP contribution in [0.4, 0.5) is 0 Å². The molecule has 0 aromatic heterocycles. The van der Waals surface area contributed by atoms with Gasteiger partial charge < -0.3 is 28.4 Å². The van der Waals surface area contributed by atoms with Crippen molar-refractivity contribution in [1.29, 1.82) is 0 Å². The molecule has 0 saturated heterocycles. The van der Waals surface area contributed by atoms with Crippen molar-refractivity contribution >= 4 is 23.9 Å². The van der Waals surface area contributed by atoms with Crippen LogP contribution < -0.4 is 0 Å². The summed E-state index contributed by atoms with van der Waals surface area (Å²) in [5, 5.41) is 0. The van der Waals surface area contributed by atoms with Crippen molar-refractivity contribution in [3.05, 3.63) is 71.8 Å². The number of hydrogen-bond donors (Lipinski definition) is 0. The molecule has 2 aromatic rings. The van der Waals surface area contributed by atoms with E-state index < -0.39 is 48.3 Å². The van der Waals surface area contributed by atoms with Crippen molar-refractivity contribution in [2.75, 3.05) is 27.4 Å². The lowest BCUT2D eigenvalue weighted by molar-refractivity contribution is -0.198. The maximum absolute atomic E-state index is 13.0. The first-order valence-corrected chi connectivity index (χ1v) is 11.3. The molecule has 36 heavy (non-hydrogen) atoms. The quantitative estimate of drug-likeness (QED) is 0.298. The summed E-state index contributed by atoms with van der Waals surface area (Å²) in [5.41, 5.74) is 0.890. The molecule has 0 amide bonds. The van der Waals surface area contributed by atoms with Gasteiger partial charge in [0.2, 0.25) is 12.2 Å². The lowest BCUT2D eigenvalue weighted by Crippen LogP contribution is -2.48. The molecule has 10 heteroatoms. The highest BCUT2D eigenvalue weighted by molar-refractivity contribution is 5.90. The van der Waals surface area contributed by atoms with Crippen LogP contribution in [-0.4, -0.2) is 63.5 Å². The van der Waals surface area contributed by atoms with Gasteiger partial charge in [0.05, 0.1) is 13.2 Å². The Morgan fingerprint density at radius 2 is 0.917 bits per heavy atom. The zero-order valence-corrected chi connectivity index (χ0v) is 20.6. The summed E-state index contributed by atoms with van der Waals surface area (Å²) >= 11 is 0. The first-order chi connectivity index (χ1) is 17.4. The molecule has 0 aliphatic heterocycles. The van der Waals surface area contributed by atoms with Crippen LogP contribution in [0.5, 0.6) is 0 Å². The maximum Gasteiger partial charge on any atom is 0.352 e. The Hall–Kier alpha value is -3.76. The topological polar surface area (TPSA) is 124 Å². The molecule has 0 heterocycles. The number of ether oxygens (including phenoxy) is 6. The van der Waals surface area contributed by atoms with E-state index in [1.165, 1.54) is 28.1 Å². The fourth-order valence-electron chi connectivity index (χ4n) is 3.28. The lowest BCUT2D eigenvalue weighted by Gasteiger charge is -2.26. The van der Waals surface area contributed by atoms with Crippen LogP contribution in [0.2, 0.25) is 0 Å². The van der Waals surface area contributed by atoms with Gasteiger partial charge in [-0.2, -0.15) is 0 Å². The minimum atomic E-state index is -1.96. The van der Waals surface area contributed by atoms with Gasteiger partial charge in [0.1, 0.15) is 0 Å². The number of methoxy groups -OCH3 is 2. The highest BCUT2D eigenvalue weighted by Crippen LogP contribution is 2.23. The summed E-state index contributed by atoms with van der Waals surface area (Å²) in [6.07, 6.45) is -6.37. The van der Waals surface area contributed by atoms with Crippen LogP contribution in [-0.2, 0) is 47.6 Å². The van der Waals surface area contributed by atoms with Gasteiger partial charge in [-0.05, 0) is 25.0 Å². The van der Waals surface area contributed by atoms with E-state index in [-0.39, 0.29) is 13.2 Å². The summed E-state index contributed by atoms with van der Waals surface area (Å²) in [7, 11) is 2.56. The highest BCUT2D eigenvalue weighted by Gasteiger charge is 2.44. The third-order valence-electron chi connectivity index (χ3n) is 4.90. The van der Waals surface area contributed by atoms with Crippen molar-refractivity contribution in [3.63, 3.8) is 0 Å². The number of rotatable bonds is 13. The third-order valence-corrected chi connectivity index (χ3v) is 4.90. The lowest BCUT2D eigenvalue weighted by atomic mass is 10.1. The minimum Gasteiger partial charge on any atom is -0.463 e. The summed E-state index contributed by atoms with van der Waals surface area (Å²) < 4.78 is 31.2. The average molecular weight is 503 g/mol. The molecule has 194 valence electrons. The fraction of sp³-hybridized carbons (Fsp3) is 0.385. The fourth-order valence-corrected chi connectivity index (χ4v) is 3.28. The molecule has 0 bridgehead atoms. The number of carbonyl (C=O) groups is 4. The van der Waals surface area contributed by atoms with Crippen molar-refractivity contribution in [1.82, 2.24) is 0 Å². The molecule has 4 atom stereocenters. The van der Waals surface area contributed by atoms with E-state index in [9.17, 15) is 19.2 Å².